The number of ether oxygens (including phenoxy) is 1. The third kappa shape index (κ3) is 4.42. The Hall–Kier alpha value is -1.47. The first-order valence-corrected chi connectivity index (χ1v) is 5.83. The van der Waals surface area contributed by atoms with Gasteiger partial charge in [-0.3, -0.25) is 4.79 Å². The molecule has 1 aromatic rings. The van der Waals surface area contributed by atoms with E-state index in [1.807, 2.05) is 0 Å². The van der Waals surface area contributed by atoms with E-state index in [0.29, 0.717) is 0 Å². The van der Waals surface area contributed by atoms with Crippen LogP contribution in [-0.4, -0.2) is 36.7 Å². The fourth-order valence-electron chi connectivity index (χ4n) is 1.17. The van der Waals surface area contributed by atoms with E-state index in [-0.39, 0.29) is 23.2 Å². The lowest BCUT2D eigenvalue weighted by molar-refractivity contribution is -0.142. The number of carbonyl (C=O) groups excluding carboxylic acids is 1. The van der Waals surface area contributed by atoms with Gasteiger partial charge in [-0.1, -0.05) is 6.07 Å². The number of aliphatic carboxylic acids is 1. The zero-order valence-corrected chi connectivity index (χ0v) is 10.9. The summed E-state index contributed by atoms with van der Waals surface area (Å²) < 4.78 is 18.4. The van der Waals surface area contributed by atoms with Gasteiger partial charge in [0.05, 0.1) is 16.6 Å². The highest BCUT2D eigenvalue weighted by Gasteiger charge is 2.13. The molecule has 0 aliphatic rings. The Morgan fingerprint density at radius 3 is 2.83 bits per heavy atom. The number of carbonyl (C=O) groups is 2. The van der Waals surface area contributed by atoms with Crippen molar-refractivity contribution in [2.75, 3.05) is 19.8 Å². The van der Waals surface area contributed by atoms with E-state index in [2.05, 4.69) is 21.2 Å². The standard InChI is InChI=1S/C11H11BrFNO4/c12-8-3-1-2-7(10(8)13)11(17)14-4-5-18-6-9(15)16/h1-3H,4-6H2,(H,14,17)(H,15,16). The summed E-state index contributed by atoms with van der Waals surface area (Å²) in [6, 6.07) is 4.39. The highest BCUT2D eigenvalue weighted by Crippen LogP contribution is 2.18. The fourth-order valence-corrected chi connectivity index (χ4v) is 1.54. The maximum absolute atomic E-state index is 13.5. The van der Waals surface area contributed by atoms with Crippen molar-refractivity contribution in [3.05, 3.63) is 34.1 Å². The Bertz CT molecular complexity index is 453. The first-order valence-electron chi connectivity index (χ1n) is 5.04. The van der Waals surface area contributed by atoms with Crippen LogP contribution in [0.2, 0.25) is 0 Å². The van der Waals surface area contributed by atoms with Crippen LogP contribution in [0.25, 0.3) is 0 Å². The Labute approximate surface area is 111 Å². The number of hydrogen-bond donors (Lipinski definition) is 2. The van der Waals surface area contributed by atoms with E-state index < -0.39 is 24.3 Å². The van der Waals surface area contributed by atoms with Crippen LogP contribution in [0, 0.1) is 5.82 Å². The molecule has 1 rings (SSSR count). The molecular formula is C11H11BrFNO4. The third-order valence-electron chi connectivity index (χ3n) is 1.95. The molecule has 2 N–H and O–H groups in total. The molecule has 0 bridgehead atoms. The Morgan fingerprint density at radius 1 is 1.44 bits per heavy atom. The smallest absolute Gasteiger partial charge is 0.329 e. The second-order valence-electron chi connectivity index (χ2n) is 3.30. The van der Waals surface area contributed by atoms with Crippen molar-refractivity contribution in [2.24, 2.45) is 0 Å². The molecule has 98 valence electrons. The van der Waals surface area contributed by atoms with Crippen molar-refractivity contribution in [1.29, 1.82) is 0 Å². The molecule has 0 radical (unpaired) electrons. The average Bonchev–Trinajstić information content (AvgIpc) is 2.31. The lowest BCUT2D eigenvalue weighted by Crippen LogP contribution is -2.28. The van der Waals surface area contributed by atoms with Gasteiger partial charge in [0.15, 0.2) is 0 Å². The monoisotopic (exact) mass is 319 g/mol. The Balaban J connectivity index is 2.41. The number of carboxylic acids is 1. The van der Waals surface area contributed by atoms with Crippen LogP contribution in [0.4, 0.5) is 4.39 Å². The molecule has 0 spiro atoms. The lowest BCUT2D eigenvalue weighted by atomic mass is 10.2. The first-order chi connectivity index (χ1) is 8.52. The summed E-state index contributed by atoms with van der Waals surface area (Å²) in [4.78, 5) is 21.7. The van der Waals surface area contributed by atoms with Crippen molar-refractivity contribution >= 4 is 27.8 Å². The summed E-state index contributed by atoms with van der Waals surface area (Å²) in [7, 11) is 0. The summed E-state index contributed by atoms with van der Waals surface area (Å²) in [5, 5.41) is 10.7. The second-order valence-corrected chi connectivity index (χ2v) is 4.16. The van der Waals surface area contributed by atoms with Crippen LogP contribution in [0.3, 0.4) is 0 Å². The van der Waals surface area contributed by atoms with Crippen LogP contribution in [0.5, 0.6) is 0 Å². The topological polar surface area (TPSA) is 75.6 Å². The first kappa shape index (κ1) is 14.6. The highest BCUT2D eigenvalue weighted by molar-refractivity contribution is 9.10. The van der Waals surface area contributed by atoms with Gasteiger partial charge in [0, 0.05) is 6.54 Å². The SMILES string of the molecule is O=C(O)COCCNC(=O)c1cccc(Br)c1F. The van der Waals surface area contributed by atoms with Gasteiger partial charge in [0.25, 0.3) is 5.91 Å². The summed E-state index contributed by atoms with van der Waals surface area (Å²) >= 11 is 2.98. The van der Waals surface area contributed by atoms with Crippen LogP contribution in [0.1, 0.15) is 10.4 Å². The second kappa shape index (κ2) is 7.07. The van der Waals surface area contributed by atoms with Crippen LogP contribution in [-0.2, 0) is 9.53 Å². The third-order valence-corrected chi connectivity index (χ3v) is 2.57. The fraction of sp³-hybridized carbons (Fsp3) is 0.273. The van der Waals surface area contributed by atoms with E-state index in [0.717, 1.165) is 0 Å². The van der Waals surface area contributed by atoms with Crippen LogP contribution < -0.4 is 5.32 Å². The molecule has 0 fully saturated rings. The highest BCUT2D eigenvalue weighted by atomic mass is 79.9. The molecular weight excluding hydrogens is 309 g/mol. The molecule has 0 saturated carbocycles. The van der Waals surface area contributed by atoms with Gasteiger partial charge in [0.1, 0.15) is 12.4 Å². The maximum Gasteiger partial charge on any atom is 0.329 e. The van der Waals surface area contributed by atoms with Crippen molar-refractivity contribution in [2.45, 2.75) is 0 Å². The van der Waals surface area contributed by atoms with E-state index in [1.54, 1.807) is 6.07 Å². The molecule has 7 heteroatoms. The van der Waals surface area contributed by atoms with Gasteiger partial charge in [-0.2, -0.15) is 0 Å². The number of carboxylic acid groups (broad SMARTS) is 1. The minimum atomic E-state index is -1.08. The molecule has 0 unspecified atom stereocenters. The molecule has 0 aromatic heterocycles. The number of hydrogen-bond acceptors (Lipinski definition) is 3. The maximum atomic E-state index is 13.5. The summed E-state index contributed by atoms with van der Waals surface area (Å²) in [5.41, 5.74) is -0.0809. The number of rotatable bonds is 6. The van der Waals surface area contributed by atoms with Crippen molar-refractivity contribution in [1.82, 2.24) is 5.32 Å². The molecule has 0 aliphatic carbocycles. The van der Waals surface area contributed by atoms with Gasteiger partial charge >= 0.3 is 5.97 Å². The minimum absolute atomic E-state index is 0.0493. The van der Waals surface area contributed by atoms with E-state index in [4.69, 9.17) is 9.84 Å². The molecule has 0 saturated heterocycles. The molecule has 1 amide bonds. The van der Waals surface area contributed by atoms with Crippen LogP contribution >= 0.6 is 15.9 Å². The van der Waals surface area contributed by atoms with Crippen molar-refractivity contribution in [3.8, 4) is 0 Å². The quantitative estimate of drug-likeness (QED) is 0.777. The zero-order chi connectivity index (χ0) is 13.5. The number of amides is 1. The molecule has 0 atom stereocenters. The number of nitrogens with one attached hydrogen (secondary N) is 1. The predicted molar refractivity (Wildman–Crippen MR) is 64.9 cm³/mol. The van der Waals surface area contributed by atoms with E-state index in [1.165, 1.54) is 12.1 Å². The van der Waals surface area contributed by atoms with Crippen molar-refractivity contribution < 1.29 is 23.8 Å². The van der Waals surface area contributed by atoms with Gasteiger partial charge < -0.3 is 15.2 Å². The predicted octanol–water partition coefficient (Wildman–Crippen LogP) is 1.42. The van der Waals surface area contributed by atoms with Gasteiger partial charge in [-0.15, -0.1) is 0 Å². The number of halogens is 2. The van der Waals surface area contributed by atoms with E-state index >= 15 is 0 Å². The molecule has 0 aliphatic heterocycles. The van der Waals surface area contributed by atoms with Gasteiger partial charge in [-0.25, -0.2) is 9.18 Å². The lowest BCUT2D eigenvalue weighted by Gasteiger charge is -2.06. The Morgan fingerprint density at radius 2 is 2.17 bits per heavy atom. The summed E-state index contributed by atoms with van der Waals surface area (Å²) in [5.74, 6) is -2.30. The molecule has 5 nitrogen and oxygen atoms in total. The minimum Gasteiger partial charge on any atom is -0.480 e. The Kier molecular flexibility index (Phi) is 5.73. The van der Waals surface area contributed by atoms with Gasteiger partial charge in [0.2, 0.25) is 0 Å². The zero-order valence-electron chi connectivity index (χ0n) is 9.28. The normalized spacial score (nSPS) is 10.1. The molecule has 0 heterocycles. The van der Waals surface area contributed by atoms with E-state index in [9.17, 15) is 14.0 Å². The van der Waals surface area contributed by atoms with Crippen molar-refractivity contribution in [3.63, 3.8) is 0 Å². The van der Waals surface area contributed by atoms with Gasteiger partial charge in [-0.05, 0) is 28.1 Å². The molecule has 1 aromatic carbocycles. The number of benzene rings is 1. The average molecular weight is 320 g/mol. The molecule has 18 heavy (non-hydrogen) atoms. The van der Waals surface area contributed by atoms with Crippen LogP contribution in [0.15, 0.2) is 22.7 Å². The largest absolute Gasteiger partial charge is 0.480 e. The summed E-state index contributed by atoms with van der Waals surface area (Å²) in [6.45, 7) is -0.271. The summed E-state index contributed by atoms with van der Waals surface area (Å²) in [6.07, 6.45) is 0.